The lowest BCUT2D eigenvalue weighted by atomic mass is 10.1. The fraction of sp³-hybridized carbons (Fsp3) is 0.316. The molecule has 0 aliphatic heterocycles. The van der Waals surface area contributed by atoms with Crippen molar-refractivity contribution in [2.24, 2.45) is 0 Å². The predicted molar refractivity (Wildman–Crippen MR) is 99.2 cm³/mol. The maximum atomic E-state index is 13.2. The fourth-order valence-corrected chi connectivity index (χ4v) is 2.61. The van der Waals surface area contributed by atoms with Crippen LogP contribution in [0.5, 0.6) is 11.5 Å². The van der Waals surface area contributed by atoms with E-state index in [1.165, 1.54) is 26.4 Å². The second-order valence-corrected chi connectivity index (χ2v) is 5.63. The summed E-state index contributed by atoms with van der Waals surface area (Å²) in [4.78, 5) is 25.6. The molecule has 2 rings (SSSR count). The molecule has 0 aliphatic carbocycles. The van der Waals surface area contributed by atoms with E-state index >= 15 is 0 Å². The molecule has 2 aromatic rings. The van der Waals surface area contributed by atoms with Crippen LogP contribution in [-0.2, 0) is 0 Å². The third kappa shape index (κ3) is 4.11. The number of methoxy groups -OCH3 is 2. The van der Waals surface area contributed by atoms with E-state index in [4.69, 9.17) is 9.47 Å². The molecular weight excluding hydrogens is 336 g/mol. The van der Waals surface area contributed by atoms with Crippen LogP contribution in [-0.4, -0.2) is 31.6 Å². The van der Waals surface area contributed by atoms with Crippen LogP contribution in [0.25, 0.3) is 0 Å². The van der Waals surface area contributed by atoms with Gasteiger partial charge in [0.1, 0.15) is 5.56 Å². The smallest absolute Gasteiger partial charge is 0.286 e. The highest BCUT2D eigenvalue weighted by Gasteiger charge is 2.28. The first kappa shape index (κ1) is 19.2. The van der Waals surface area contributed by atoms with Crippen LogP contribution < -0.4 is 14.4 Å². The number of carbonyl (C=O) groups excluding carboxylic acids is 1. The zero-order valence-corrected chi connectivity index (χ0v) is 15.1. The summed E-state index contributed by atoms with van der Waals surface area (Å²) in [6.45, 7) is 2.48. The molecular formula is C19H22N2O5. The molecule has 0 unspecified atom stereocenters. The maximum absolute atomic E-state index is 13.2. The summed E-state index contributed by atoms with van der Waals surface area (Å²) in [5.74, 6) is 0.0258. The minimum Gasteiger partial charge on any atom is -0.493 e. The zero-order chi connectivity index (χ0) is 19.1. The van der Waals surface area contributed by atoms with Gasteiger partial charge in [-0.05, 0) is 18.6 Å². The summed E-state index contributed by atoms with van der Waals surface area (Å²) in [5, 5.41) is 11.5. The number of para-hydroxylation sites is 1. The second kappa shape index (κ2) is 8.84. The van der Waals surface area contributed by atoms with Gasteiger partial charge in [-0.1, -0.05) is 31.5 Å². The van der Waals surface area contributed by atoms with E-state index in [9.17, 15) is 14.9 Å². The van der Waals surface area contributed by atoms with Gasteiger partial charge in [0.25, 0.3) is 11.6 Å². The Morgan fingerprint density at radius 1 is 1.12 bits per heavy atom. The average Bonchev–Trinajstić information content (AvgIpc) is 2.67. The number of benzene rings is 2. The van der Waals surface area contributed by atoms with Crippen molar-refractivity contribution in [3.63, 3.8) is 0 Å². The topological polar surface area (TPSA) is 81.9 Å². The van der Waals surface area contributed by atoms with Crippen molar-refractivity contribution in [3.8, 4) is 11.5 Å². The monoisotopic (exact) mass is 358 g/mol. The van der Waals surface area contributed by atoms with E-state index in [1.54, 1.807) is 17.0 Å². The van der Waals surface area contributed by atoms with Crippen LogP contribution in [0.3, 0.4) is 0 Å². The van der Waals surface area contributed by atoms with Gasteiger partial charge in [-0.15, -0.1) is 0 Å². The number of nitro benzene ring substituents is 1. The molecule has 0 spiro atoms. The van der Waals surface area contributed by atoms with Gasteiger partial charge in [0.2, 0.25) is 0 Å². The highest BCUT2D eigenvalue weighted by Crippen LogP contribution is 2.35. The van der Waals surface area contributed by atoms with Gasteiger partial charge >= 0.3 is 0 Å². The van der Waals surface area contributed by atoms with Crippen LogP contribution in [0, 0.1) is 10.1 Å². The largest absolute Gasteiger partial charge is 0.493 e. The summed E-state index contributed by atoms with van der Waals surface area (Å²) in [6.07, 6.45) is 1.67. The first-order valence-electron chi connectivity index (χ1n) is 8.30. The molecule has 0 fully saturated rings. The van der Waals surface area contributed by atoms with Crippen LogP contribution >= 0.6 is 0 Å². The number of amides is 1. The average molecular weight is 358 g/mol. The Morgan fingerprint density at radius 3 is 2.27 bits per heavy atom. The van der Waals surface area contributed by atoms with E-state index in [2.05, 4.69) is 0 Å². The third-order valence-electron chi connectivity index (χ3n) is 3.98. The Balaban J connectivity index is 2.55. The quantitative estimate of drug-likeness (QED) is 0.525. The van der Waals surface area contributed by atoms with E-state index in [0.29, 0.717) is 12.2 Å². The Morgan fingerprint density at radius 2 is 1.73 bits per heavy atom. The van der Waals surface area contributed by atoms with Crippen molar-refractivity contribution in [2.45, 2.75) is 19.8 Å². The van der Waals surface area contributed by atoms with Gasteiger partial charge in [0, 0.05) is 18.3 Å². The first-order chi connectivity index (χ1) is 12.5. The molecule has 0 saturated carbocycles. The molecule has 1 amide bonds. The van der Waals surface area contributed by atoms with Gasteiger partial charge in [-0.25, -0.2) is 0 Å². The number of unbranched alkanes of at least 4 members (excludes halogenated alkanes) is 1. The molecule has 0 aliphatic rings. The van der Waals surface area contributed by atoms with Crippen molar-refractivity contribution >= 4 is 17.3 Å². The van der Waals surface area contributed by atoms with E-state index < -0.39 is 10.8 Å². The maximum Gasteiger partial charge on any atom is 0.286 e. The molecule has 7 nitrogen and oxygen atoms in total. The van der Waals surface area contributed by atoms with Crippen LogP contribution in [0.2, 0.25) is 0 Å². The Kier molecular flexibility index (Phi) is 6.54. The predicted octanol–water partition coefficient (Wildman–Crippen LogP) is 4.06. The first-order valence-corrected chi connectivity index (χ1v) is 8.30. The summed E-state index contributed by atoms with van der Waals surface area (Å²) in [7, 11) is 2.81. The highest BCUT2D eigenvalue weighted by molar-refractivity contribution is 6.09. The normalized spacial score (nSPS) is 10.3. The number of ether oxygens (including phenoxy) is 2. The fourth-order valence-electron chi connectivity index (χ4n) is 2.61. The van der Waals surface area contributed by atoms with Crippen molar-refractivity contribution in [1.82, 2.24) is 0 Å². The SMILES string of the molecule is CCCCN(C(=O)c1cc(OC)c(OC)cc1[N+](=O)[O-])c1ccccc1. The van der Waals surface area contributed by atoms with Crippen LogP contribution in [0.15, 0.2) is 42.5 Å². The van der Waals surface area contributed by atoms with Gasteiger partial charge in [0.15, 0.2) is 11.5 Å². The number of hydrogen-bond acceptors (Lipinski definition) is 5. The minimum atomic E-state index is -0.585. The van der Waals surface area contributed by atoms with Crippen molar-refractivity contribution in [1.29, 1.82) is 0 Å². The zero-order valence-electron chi connectivity index (χ0n) is 15.1. The molecule has 0 N–H and O–H groups in total. The van der Waals surface area contributed by atoms with E-state index in [0.717, 1.165) is 12.8 Å². The summed E-state index contributed by atoms with van der Waals surface area (Å²) >= 11 is 0. The number of rotatable bonds is 8. The molecule has 138 valence electrons. The molecule has 0 bridgehead atoms. The Bertz CT molecular complexity index is 777. The number of nitrogens with zero attached hydrogens (tertiary/aromatic N) is 2. The van der Waals surface area contributed by atoms with Crippen molar-refractivity contribution in [2.75, 3.05) is 25.7 Å². The summed E-state index contributed by atoms with van der Waals surface area (Å²) in [5.41, 5.74) is 0.340. The molecule has 0 radical (unpaired) electrons. The highest BCUT2D eigenvalue weighted by atomic mass is 16.6. The van der Waals surface area contributed by atoms with Crippen molar-refractivity contribution in [3.05, 3.63) is 58.1 Å². The molecule has 26 heavy (non-hydrogen) atoms. The van der Waals surface area contributed by atoms with Gasteiger partial charge < -0.3 is 14.4 Å². The van der Waals surface area contributed by atoms with E-state index in [-0.39, 0.29) is 22.7 Å². The summed E-state index contributed by atoms with van der Waals surface area (Å²) in [6, 6.07) is 11.7. The van der Waals surface area contributed by atoms with E-state index in [1.807, 2.05) is 25.1 Å². The molecule has 0 aromatic heterocycles. The lowest BCUT2D eigenvalue weighted by Gasteiger charge is -2.23. The molecule has 2 aromatic carbocycles. The number of hydrogen-bond donors (Lipinski definition) is 0. The number of nitro groups is 1. The summed E-state index contributed by atoms with van der Waals surface area (Å²) < 4.78 is 10.3. The van der Waals surface area contributed by atoms with Crippen LogP contribution in [0.1, 0.15) is 30.1 Å². The Labute approximate surface area is 152 Å². The van der Waals surface area contributed by atoms with Crippen LogP contribution in [0.4, 0.5) is 11.4 Å². The third-order valence-corrected chi connectivity index (χ3v) is 3.98. The second-order valence-electron chi connectivity index (χ2n) is 5.63. The molecule has 7 heteroatoms. The molecule has 0 heterocycles. The standard InChI is InChI=1S/C19H22N2O5/c1-4-5-11-20(14-9-7-6-8-10-14)19(22)15-12-17(25-2)18(26-3)13-16(15)21(23)24/h6-10,12-13H,4-5,11H2,1-3H3. The van der Waals surface area contributed by atoms with Gasteiger partial charge in [-0.3, -0.25) is 14.9 Å². The Hall–Kier alpha value is -3.09. The number of anilines is 1. The molecule has 0 atom stereocenters. The van der Waals surface area contributed by atoms with Gasteiger partial charge in [0.05, 0.1) is 25.2 Å². The number of carbonyl (C=O) groups is 1. The molecule has 0 saturated heterocycles. The van der Waals surface area contributed by atoms with Crippen molar-refractivity contribution < 1.29 is 19.2 Å². The minimum absolute atomic E-state index is 0.0346. The lowest BCUT2D eigenvalue weighted by molar-refractivity contribution is -0.385. The van der Waals surface area contributed by atoms with Gasteiger partial charge in [-0.2, -0.15) is 0 Å². The lowest BCUT2D eigenvalue weighted by Crippen LogP contribution is -2.32.